The molecule has 0 aliphatic heterocycles. The number of hydrogen-bond acceptors (Lipinski definition) is 7. The van der Waals surface area contributed by atoms with E-state index < -0.39 is 58.8 Å². The molecule has 0 radical (unpaired) electrons. The lowest BCUT2D eigenvalue weighted by Gasteiger charge is -2.39. The molecule has 0 aliphatic rings. The zero-order valence-corrected chi connectivity index (χ0v) is 17.7. The van der Waals surface area contributed by atoms with Gasteiger partial charge in [0.05, 0.1) is 4.92 Å². The normalized spacial score (nSPS) is 15.3. The highest BCUT2D eigenvalue weighted by Gasteiger charge is 2.53. The minimum Gasteiger partial charge on any atom is -0.479 e. The first-order chi connectivity index (χ1) is 12.9. The summed E-state index contributed by atoms with van der Waals surface area (Å²) >= 11 is 0. The number of hydrogen-bond donors (Lipinski definition) is 1. The molecule has 0 rings (SSSR count). The van der Waals surface area contributed by atoms with Crippen LogP contribution in [0.25, 0.3) is 0 Å². The van der Waals surface area contributed by atoms with E-state index in [1.165, 1.54) is 48.5 Å². The lowest BCUT2D eigenvalue weighted by molar-refractivity contribution is -0.402. The fourth-order valence-electron chi connectivity index (χ4n) is 2.32. The molecule has 0 bridgehead atoms. The first-order valence-electron chi connectivity index (χ1n) is 8.90. The average Bonchev–Trinajstić information content (AvgIpc) is 2.48. The number of amides is 2. The van der Waals surface area contributed by atoms with Crippen molar-refractivity contribution >= 4 is 18.2 Å². The van der Waals surface area contributed by atoms with Crippen LogP contribution < -0.4 is 0 Å². The Morgan fingerprint density at radius 2 is 1.52 bits per heavy atom. The first-order valence-corrected chi connectivity index (χ1v) is 8.90. The fourth-order valence-corrected chi connectivity index (χ4v) is 2.32. The quantitative estimate of drug-likeness (QED) is 0.483. The molecule has 0 aromatic rings. The van der Waals surface area contributed by atoms with Gasteiger partial charge in [0.1, 0.15) is 17.4 Å². The number of alkyl halides is 1. The fraction of sp³-hybridized carbons (Fsp3) is 0.722. The Balaban J connectivity index is 6.33. The predicted octanol–water partition coefficient (Wildman–Crippen LogP) is 3.91. The summed E-state index contributed by atoms with van der Waals surface area (Å²) in [5.74, 6) is -1.69. The summed E-state index contributed by atoms with van der Waals surface area (Å²) in [6.45, 7) is 10.4. The van der Waals surface area contributed by atoms with Gasteiger partial charge in [-0.1, -0.05) is 6.92 Å². The van der Waals surface area contributed by atoms with Crippen LogP contribution in [0.1, 0.15) is 61.3 Å². The molecular formula is C18H29FN2O8. The van der Waals surface area contributed by atoms with Gasteiger partial charge < -0.3 is 14.6 Å². The maximum Gasteiger partial charge on any atom is 0.420 e. The zero-order chi connectivity index (χ0) is 23.2. The maximum atomic E-state index is 14.4. The molecule has 166 valence electrons. The van der Waals surface area contributed by atoms with E-state index in [2.05, 4.69) is 0 Å². The number of carbonyl (C=O) groups excluding carboxylic acids is 2. The van der Waals surface area contributed by atoms with Gasteiger partial charge in [0.2, 0.25) is 6.20 Å². The van der Waals surface area contributed by atoms with Crippen LogP contribution in [0, 0.1) is 10.1 Å². The molecule has 0 saturated carbocycles. The summed E-state index contributed by atoms with van der Waals surface area (Å²) < 4.78 is 24.7. The Labute approximate surface area is 168 Å². The number of aliphatic carboxylic acids is 1. The minimum absolute atomic E-state index is 0.235. The Hall–Kier alpha value is -2.72. The number of ether oxygens (including phenoxy) is 2. The van der Waals surface area contributed by atoms with Crippen molar-refractivity contribution in [2.24, 2.45) is 0 Å². The van der Waals surface area contributed by atoms with E-state index in [1.807, 2.05) is 0 Å². The smallest absolute Gasteiger partial charge is 0.420 e. The van der Waals surface area contributed by atoms with Crippen molar-refractivity contribution < 1.29 is 38.3 Å². The van der Waals surface area contributed by atoms with Gasteiger partial charge in [-0.3, -0.25) is 10.1 Å². The lowest BCUT2D eigenvalue weighted by atomic mass is 9.88. The standard InChI is InChI=1S/C18H29FN2O8/c1-8-18(13(22)23,11-12(19)9-10-20(26)27)21(14(24)28-16(2,3)4)15(25)29-17(5,6)7/h9-10,12H,8,11H2,1-7H3,(H,22,23)/t12?,18-/m0/s1. The van der Waals surface area contributed by atoms with Crippen molar-refractivity contribution in [2.75, 3.05) is 0 Å². The molecule has 29 heavy (non-hydrogen) atoms. The van der Waals surface area contributed by atoms with Gasteiger partial charge in [0.15, 0.2) is 5.54 Å². The van der Waals surface area contributed by atoms with E-state index in [0.29, 0.717) is 12.3 Å². The molecule has 2 amide bonds. The van der Waals surface area contributed by atoms with Crippen LogP contribution in [0.4, 0.5) is 14.0 Å². The van der Waals surface area contributed by atoms with Crippen LogP contribution in [-0.4, -0.2) is 56.0 Å². The maximum absolute atomic E-state index is 14.4. The highest BCUT2D eigenvalue weighted by Crippen LogP contribution is 2.31. The van der Waals surface area contributed by atoms with E-state index in [9.17, 15) is 34.0 Å². The van der Waals surface area contributed by atoms with E-state index in [1.54, 1.807) is 0 Å². The average molecular weight is 420 g/mol. The summed E-state index contributed by atoms with van der Waals surface area (Å²) in [5.41, 5.74) is -4.57. The van der Waals surface area contributed by atoms with Gasteiger partial charge in [0, 0.05) is 12.5 Å². The molecular weight excluding hydrogens is 391 g/mol. The molecule has 10 nitrogen and oxygen atoms in total. The number of carboxylic acid groups (broad SMARTS) is 1. The van der Waals surface area contributed by atoms with Crippen molar-refractivity contribution in [3.8, 4) is 0 Å². The lowest BCUT2D eigenvalue weighted by Crippen LogP contribution is -2.61. The predicted molar refractivity (Wildman–Crippen MR) is 101 cm³/mol. The van der Waals surface area contributed by atoms with E-state index in [4.69, 9.17) is 9.47 Å². The van der Waals surface area contributed by atoms with Crippen molar-refractivity contribution in [1.82, 2.24) is 4.90 Å². The molecule has 0 aliphatic carbocycles. The van der Waals surface area contributed by atoms with Gasteiger partial charge >= 0.3 is 18.2 Å². The van der Waals surface area contributed by atoms with Gasteiger partial charge in [-0.2, -0.15) is 4.90 Å². The highest BCUT2D eigenvalue weighted by atomic mass is 19.1. The van der Waals surface area contributed by atoms with E-state index in [0.717, 1.165) is 0 Å². The Morgan fingerprint density at radius 1 is 1.10 bits per heavy atom. The van der Waals surface area contributed by atoms with Gasteiger partial charge in [-0.25, -0.2) is 18.8 Å². The third-order valence-electron chi connectivity index (χ3n) is 3.51. The summed E-state index contributed by atoms with van der Waals surface area (Å²) in [6, 6.07) is 0. The van der Waals surface area contributed by atoms with E-state index >= 15 is 0 Å². The summed E-state index contributed by atoms with van der Waals surface area (Å²) in [5, 5.41) is 20.2. The number of imide groups is 1. The van der Waals surface area contributed by atoms with Gasteiger partial charge in [-0.05, 0) is 48.0 Å². The Morgan fingerprint density at radius 3 is 1.79 bits per heavy atom. The number of nitro groups is 1. The second-order valence-electron chi connectivity index (χ2n) is 8.33. The van der Waals surface area contributed by atoms with E-state index in [-0.39, 0.29) is 4.90 Å². The number of halogens is 1. The molecule has 0 spiro atoms. The molecule has 0 fully saturated rings. The van der Waals surface area contributed by atoms with Crippen molar-refractivity contribution in [3.63, 3.8) is 0 Å². The molecule has 0 aromatic carbocycles. The van der Waals surface area contributed by atoms with Crippen LogP contribution in [0.5, 0.6) is 0 Å². The van der Waals surface area contributed by atoms with Crippen molar-refractivity contribution in [1.29, 1.82) is 0 Å². The monoisotopic (exact) mass is 420 g/mol. The Bertz CT molecular complexity index is 638. The molecule has 0 saturated heterocycles. The SMILES string of the molecule is CC[C@](CC(F)C=C[N+](=O)[O-])(C(=O)O)N(C(=O)OC(C)(C)C)C(=O)OC(C)(C)C. The van der Waals surface area contributed by atoms with Gasteiger partial charge in [-0.15, -0.1) is 0 Å². The van der Waals surface area contributed by atoms with Crippen LogP contribution in [0.15, 0.2) is 12.3 Å². The molecule has 0 aromatic heterocycles. The van der Waals surface area contributed by atoms with Crippen LogP contribution in [0.3, 0.4) is 0 Å². The number of nitrogens with zero attached hydrogens (tertiary/aromatic N) is 2. The summed E-state index contributed by atoms with van der Waals surface area (Å²) in [4.78, 5) is 47.3. The first kappa shape index (κ1) is 26.3. The zero-order valence-electron chi connectivity index (χ0n) is 17.7. The van der Waals surface area contributed by atoms with Crippen LogP contribution in [0.2, 0.25) is 0 Å². The third kappa shape index (κ3) is 8.44. The number of rotatable bonds is 7. The summed E-state index contributed by atoms with van der Waals surface area (Å²) in [6.07, 6.45) is -5.27. The number of carboxylic acids is 1. The van der Waals surface area contributed by atoms with Crippen molar-refractivity contribution in [2.45, 2.75) is 84.2 Å². The van der Waals surface area contributed by atoms with Crippen molar-refractivity contribution in [3.05, 3.63) is 22.4 Å². The number of allylic oxidation sites excluding steroid dienone is 1. The minimum atomic E-state index is -2.40. The molecule has 1 N–H and O–H groups in total. The number of carbonyl (C=O) groups is 3. The highest BCUT2D eigenvalue weighted by molar-refractivity contribution is 5.96. The molecule has 11 heteroatoms. The largest absolute Gasteiger partial charge is 0.479 e. The van der Waals surface area contributed by atoms with Crippen LogP contribution in [-0.2, 0) is 14.3 Å². The molecule has 1 unspecified atom stereocenters. The van der Waals surface area contributed by atoms with Crippen LogP contribution >= 0.6 is 0 Å². The van der Waals surface area contributed by atoms with Gasteiger partial charge in [0.25, 0.3) is 0 Å². The summed E-state index contributed by atoms with van der Waals surface area (Å²) in [7, 11) is 0. The molecule has 0 heterocycles. The Kier molecular flexibility index (Phi) is 8.75. The molecule has 2 atom stereocenters. The second kappa shape index (κ2) is 9.66. The topological polar surface area (TPSA) is 136 Å². The third-order valence-corrected chi connectivity index (χ3v) is 3.51. The second-order valence-corrected chi connectivity index (χ2v) is 8.33.